The molecule has 21 heavy (non-hydrogen) atoms. The Morgan fingerprint density at radius 2 is 1.76 bits per heavy atom. The fourth-order valence-corrected chi connectivity index (χ4v) is 2.30. The molecule has 114 valence electrons. The predicted octanol–water partition coefficient (Wildman–Crippen LogP) is 1.32. The Labute approximate surface area is 123 Å². The first-order chi connectivity index (χ1) is 10.1. The minimum Gasteiger partial charge on any atom is -0.340 e. The second-order valence-corrected chi connectivity index (χ2v) is 5.05. The molecule has 1 heterocycles. The molecule has 1 saturated heterocycles. The number of piperazine rings is 1. The van der Waals surface area contributed by atoms with Crippen molar-refractivity contribution in [2.45, 2.75) is 13.3 Å². The van der Waals surface area contributed by atoms with E-state index >= 15 is 0 Å². The maximum atomic E-state index is 12.8. The van der Waals surface area contributed by atoms with E-state index < -0.39 is 0 Å². The molecule has 0 spiro atoms. The van der Waals surface area contributed by atoms with Crippen LogP contribution in [0.25, 0.3) is 0 Å². The van der Waals surface area contributed by atoms with Crippen LogP contribution < -0.4 is 5.32 Å². The second kappa shape index (κ2) is 7.17. The van der Waals surface area contributed by atoms with Crippen molar-refractivity contribution in [3.63, 3.8) is 0 Å². The number of anilines is 1. The van der Waals surface area contributed by atoms with E-state index in [1.54, 1.807) is 4.90 Å². The van der Waals surface area contributed by atoms with Gasteiger partial charge >= 0.3 is 0 Å². The fourth-order valence-electron chi connectivity index (χ4n) is 2.30. The summed E-state index contributed by atoms with van der Waals surface area (Å²) in [7, 11) is 0. The topological polar surface area (TPSA) is 52.7 Å². The highest BCUT2D eigenvalue weighted by atomic mass is 19.1. The van der Waals surface area contributed by atoms with Crippen LogP contribution in [0, 0.1) is 5.82 Å². The smallest absolute Gasteiger partial charge is 0.233 e. The molecule has 1 aromatic rings. The van der Waals surface area contributed by atoms with Crippen molar-refractivity contribution in [3.05, 3.63) is 30.1 Å². The van der Waals surface area contributed by atoms with Crippen LogP contribution in [-0.4, -0.2) is 54.3 Å². The summed E-state index contributed by atoms with van der Waals surface area (Å²) in [4.78, 5) is 27.8. The Balaban J connectivity index is 1.79. The van der Waals surface area contributed by atoms with E-state index in [0.717, 1.165) is 19.6 Å². The summed E-state index contributed by atoms with van der Waals surface area (Å²) in [6, 6.07) is 5.47. The van der Waals surface area contributed by atoms with Gasteiger partial charge in [0.2, 0.25) is 11.8 Å². The Kier molecular flexibility index (Phi) is 5.27. The van der Waals surface area contributed by atoms with Crippen molar-refractivity contribution in [2.75, 3.05) is 38.0 Å². The third kappa shape index (κ3) is 4.53. The number of carbonyl (C=O) groups excluding carboxylic acids is 2. The number of amides is 2. The number of nitrogens with one attached hydrogen (secondary N) is 1. The van der Waals surface area contributed by atoms with Crippen molar-refractivity contribution in [2.24, 2.45) is 0 Å². The zero-order valence-corrected chi connectivity index (χ0v) is 12.1. The minimum absolute atomic E-state index is 0.162. The van der Waals surface area contributed by atoms with Gasteiger partial charge in [-0.15, -0.1) is 0 Å². The summed E-state index contributed by atoms with van der Waals surface area (Å²) in [5, 5.41) is 2.60. The molecule has 1 aliphatic rings. The molecule has 0 bridgehead atoms. The van der Waals surface area contributed by atoms with Crippen molar-refractivity contribution in [1.29, 1.82) is 0 Å². The molecule has 2 rings (SSSR count). The Morgan fingerprint density at radius 3 is 2.33 bits per heavy atom. The monoisotopic (exact) mass is 293 g/mol. The standard InChI is InChI=1S/C15H20FN3O2/c1-2-18-7-9-19(10-8-18)15(21)11-14(20)17-13-5-3-12(16)4-6-13/h3-6H,2,7-11H2,1H3,(H,17,20). The Hall–Kier alpha value is -1.95. The number of nitrogens with zero attached hydrogens (tertiary/aromatic N) is 2. The normalized spacial score (nSPS) is 15.8. The van der Waals surface area contributed by atoms with Gasteiger partial charge in [0.05, 0.1) is 0 Å². The van der Waals surface area contributed by atoms with Crippen LogP contribution in [0.5, 0.6) is 0 Å². The van der Waals surface area contributed by atoms with E-state index in [2.05, 4.69) is 17.1 Å². The van der Waals surface area contributed by atoms with E-state index in [0.29, 0.717) is 18.8 Å². The molecule has 0 aliphatic carbocycles. The van der Waals surface area contributed by atoms with Crippen molar-refractivity contribution >= 4 is 17.5 Å². The minimum atomic E-state index is -0.371. The first kappa shape index (κ1) is 15.4. The van der Waals surface area contributed by atoms with Crippen molar-refractivity contribution in [3.8, 4) is 0 Å². The van der Waals surface area contributed by atoms with E-state index in [1.807, 2.05) is 0 Å². The van der Waals surface area contributed by atoms with E-state index in [-0.39, 0.29) is 24.1 Å². The highest BCUT2D eigenvalue weighted by Gasteiger charge is 2.21. The van der Waals surface area contributed by atoms with Crippen LogP contribution in [0.1, 0.15) is 13.3 Å². The van der Waals surface area contributed by atoms with Gasteiger partial charge in [0.1, 0.15) is 12.2 Å². The molecule has 2 amide bonds. The molecule has 1 aromatic carbocycles. The lowest BCUT2D eigenvalue weighted by atomic mass is 10.2. The van der Waals surface area contributed by atoms with Crippen LogP contribution in [0.2, 0.25) is 0 Å². The molecule has 1 fully saturated rings. The molecule has 5 nitrogen and oxygen atoms in total. The quantitative estimate of drug-likeness (QED) is 0.852. The van der Waals surface area contributed by atoms with Crippen molar-refractivity contribution < 1.29 is 14.0 Å². The number of benzene rings is 1. The first-order valence-electron chi connectivity index (χ1n) is 7.14. The summed E-state index contributed by atoms with van der Waals surface area (Å²) in [5.41, 5.74) is 0.491. The number of carbonyl (C=O) groups is 2. The van der Waals surface area contributed by atoms with Crippen LogP contribution in [0.4, 0.5) is 10.1 Å². The second-order valence-electron chi connectivity index (χ2n) is 5.05. The molecule has 1 aliphatic heterocycles. The summed E-state index contributed by atoms with van der Waals surface area (Å²) >= 11 is 0. The summed E-state index contributed by atoms with van der Waals surface area (Å²) in [6.07, 6.45) is -0.177. The largest absolute Gasteiger partial charge is 0.340 e. The van der Waals surface area contributed by atoms with Crippen molar-refractivity contribution in [1.82, 2.24) is 9.80 Å². The molecule has 0 radical (unpaired) electrons. The highest BCUT2D eigenvalue weighted by Crippen LogP contribution is 2.09. The van der Waals surface area contributed by atoms with Gasteiger partial charge in [-0.25, -0.2) is 4.39 Å². The zero-order valence-electron chi connectivity index (χ0n) is 12.1. The number of halogens is 1. The third-order valence-corrected chi connectivity index (χ3v) is 3.61. The number of hydrogen-bond acceptors (Lipinski definition) is 3. The van der Waals surface area contributed by atoms with E-state index in [1.165, 1.54) is 24.3 Å². The van der Waals surface area contributed by atoms with Crippen LogP contribution in [0.15, 0.2) is 24.3 Å². The first-order valence-corrected chi connectivity index (χ1v) is 7.14. The average molecular weight is 293 g/mol. The third-order valence-electron chi connectivity index (χ3n) is 3.61. The van der Waals surface area contributed by atoms with Gasteiger partial charge in [-0.05, 0) is 30.8 Å². The van der Waals surface area contributed by atoms with Gasteiger partial charge in [-0.3, -0.25) is 9.59 Å². The lowest BCUT2D eigenvalue weighted by molar-refractivity contribution is -0.136. The van der Waals surface area contributed by atoms with Gasteiger partial charge in [0, 0.05) is 31.9 Å². The number of hydrogen-bond donors (Lipinski definition) is 1. The number of likely N-dealkylation sites (N-methyl/N-ethyl adjacent to an activating group) is 1. The molecule has 0 unspecified atom stereocenters. The Bertz CT molecular complexity index is 496. The molecule has 0 saturated carbocycles. The van der Waals surface area contributed by atoms with Gasteiger partial charge in [0.15, 0.2) is 0 Å². The molecular formula is C15H20FN3O2. The molecule has 1 N–H and O–H groups in total. The SMILES string of the molecule is CCN1CCN(C(=O)CC(=O)Nc2ccc(F)cc2)CC1. The van der Waals surface area contributed by atoms with Gasteiger partial charge in [-0.2, -0.15) is 0 Å². The highest BCUT2D eigenvalue weighted by molar-refractivity contribution is 6.03. The molecule has 0 aromatic heterocycles. The summed E-state index contributed by atoms with van der Waals surface area (Å²) in [5.74, 6) is -0.896. The average Bonchev–Trinajstić information content (AvgIpc) is 2.49. The zero-order chi connectivity index (χ0) is 15.2. The molecular weight excluding hydrogens is 273 g/mol. The van der Waals surface area contributed by atoms with Crippen LogP contribution >= 0.6 is 0 Å². The maximum absolute atomic E-state index is 12.8. The lowest BCUT2D eigenvalue weighted by Crippen LogP contribution is -2.49. The van der Waals surface area contributed by atoms with E-state index in [9.17, 15) is 14.0 Å². The Morgan fingerprint density at radius 1 is 1.14 bits per heavy atom. The van der Waals surface area contributed by atoms with Gasteiger partial charge in [0.25, 0.3) is 0 Å². The lowest BCUT2D eigenvalue weighted by Gasteiger charge is -2.33. The van der Waals surface area contributed by atoms with Crippen LogP contribution in [-0.2, 0) is 9.59 Å². The molecule has 6 heteroatoms. The maximum Gasteiger partial charge on any atom is 0.233 e. The van der Waals surface area contributed by atoms with Gasteiger partial charge in [-0.1, -0.05) is 6.92 Å². The predicted molar refractivity (Wildman–Crippen MR) is 78.3 cm³/mol. The molecule has 0 atom stereocenters. The van der Waals surface area contributed by atoms with E-state index in [4.69, 9.17) is 0 Å². The summed E-state index contributed by atoms with van der Waals surface area (Å²) < 4.78 is 12.8. The fraction of sp³-hybridized carbons (Fsp3) is 0.467. The number of rotatable bonds is 4. The van der Waals surface area contributed by atoms with Gasteiger partial charge < -0.3 is 15.1 Å². The van der Waals surface area contributed by atoms with Crippen LogP contribution in [0.3, 0.4) is 0 Å². The summed E-state index contributed by atoms with van der Waals surface area (Å²) in [6.45, 7) is 6.09.